The molecule has 0 aromatic rings. The third kappa shape index (κ3) is 3.77. The second-order valence-electron chi connectivity index (χ2n) is 4.21. The van der Waals surface area contributed by atoms with Gasteiger partial charge in [-0.05, 0) is 12.8 Å². The molecule has 2 aliphatic rings. The summed E-state index contributed by atoms with van der Waals surface area (Å²) < 4.78 is 0. The lowest BCUT2D eigenvalue weighted by molar-refractivity contribution is 0.435. The molecule has 0 fully saturated rings. The average molecular weight is 270 g/mol. The first-order valence-corrected chi connectivity index (χ1v) is 6.00. The summed E-state index contributed by atoms with van der Waals surface area (Å²) in [5.74, 6) is 0.718. The molecule has 0 aromatic heterocycles. The van der Waals surface area contributed by atoms with Gasteiger partial charge in [-0.2, -0.15) is 4.99 Å². The van der Waals surface area contributed by atoms with Crippen molar-refractivity contribution in [1.29, 1.82) is 5.41 Å². The molecule has 18 heavy (non-hydrogen) atoms. The fourth-order valence-corrected chi connectivity index (χ4v) is 1.93. The van der Waals surface area contributed by atoms with E-state index < -0.39 is 0 Å². The lowest BCUT2D eigenvalue weighted by Gasteiger charge is -2.27. The number of nitrogens with two attached hydrogens (primary N) is 1. The van der Waals surface area contributed by atoms with Crippen LogP contribution in [0.1, 0.15) is 12.8 Å². The molecule has 0 bridgehead atoms. The summed E-state index contributed by atoms with van der Waals surface area (Å²) in [6, 6.07) is 0. The van der Waals surface area contributed by atoms with E-state index in [1.807, 2.05) is 9.80 Å². The Morgan fingerprint density at radius 1 is 1.00 bits per heavy atom. The van der Waals surface area contributed by atoms with Crippen molar-refractivity contribution < 1.29 is 0 Å². The molecule has 2 aliphatic heterocycles. The van der Waals surface area contributed by atoms with Crippen molar-refractivity contribution in [3.8, 4) is 0 Å². The van der Waals surface area contributed by atoms with Crippen molar-refractivity contribution in [1.82, 2.24) is 9.80 Å². The van der Waals surface area contributed by atoms with E-state index in [0.29, 0.717) is 5.96 Å². The first-order chi connectivity index (χ1) is 8.27. The van der Waals surface area contributed by atoms with Gasteiger partial charge in [-0.1, -0.05) is 24.3 Å². The highest BCUT2D eigenvalue weighted by Crippen LogP contribution is 2.04. The molecule has 2 rings (SSSR count). The van der Waals surface area contributed by atoms with E-state index in [4.69, 9.17) is 11.1 Å². The van der Waals surface area contributed by atoms with Crippen LogP contribution in [0.5, 0.6) is 0 Å². The number of nitrogens with one attached hydrogen (secondary N) is 1. The minimum absolute atomic E-state index is 0. The molecule has 0 amide bonds. The molecule has 0 spiro atoms. The van der Waals surface area contributed by atoms with Gasteiger partial charge in [0.2, 0.25) is 5.96 Å². The third-order valence-corrected chi connectivity index (χ3v) is 2.96. The molecular formula is C12H20ClN5. The fourth-order valence-electron chi connectivity index (χ4n) is 1.93. The quantitative estimate of drug-likeness (QED) is 0.394. The zero-order valence-corrected chi connectivity index (χ0v) is 11.2. The van der Waals surface area contributed by atoms with Crippen molar-refractivity contribution in [3.63, 3.8) is 0 Å². The summed E-state index contributed by atoms with van der Waals surface area (Å²) >= 11 is 0. The van der Waals surface area contributed by atoms with Crippen LogP contribution in [0.3, 0.4) is 0 Å². The Labute approximate surface area is 114 Å². The fraction of sp³-hybridized carbons (Fsp3) is 0.500. The monoisotopic (exact) mass is 269 g/mol. The van der Waals surface area contributed by atoms with Crippen LogP contribution < -0.4 is 5.73 Å². The minimum Gasteiger partial charge on any atom is -0.369 e. The van der Waals surface area contributed by atoms with E-state index in [9.17, 15) is 0 Å². The van der Waals surface area contributed by atoms with Gasteiger partial charge < -0.3 is 15.5 Å². The van der Waals surface area contributed by atoms with E-state index in [1.54, 1.807) is 0 Å². The lowest BCUT2D eigenvalue weighted by Crippen LogP contribution is -2.42. The number of hydrogen-bond acceptors (Lipinski definition) is 1. The van der Waals surface area contributed by atoms with Crippen molar-refractivity contribution in [2.75, 3.05) is 26.2 Å². The maximum Gasteiger partial charge on any atom is 0.221 e. The SMILES string of the molecule is Cl.N=C(N=C(N)N1CC=CCC1)N1CC=CCC1. The summed E-state index contributed by atoms with van der Waals surface area (Å²) in [6.07, 6.45) is 10.4. The summed E-state index contributed by atoms with van der Waals surface area (Å²) in [7, 11) is 0. The van der Waals surface area contributed by atoms with Crippen LogP contribution in [0.4, 0.5) is 0 Å². The van der Waals surface area contributed by atoms with Crippen molar-refractivity contribution in [2.45, 2.75) is 12.8 Å². The molecule has 6 heteroatoms. The Kier molecular flexibility index (Phi) is 5.71. The molecule has 2 heterocycles. The number of hydrogen-bond donors (Lipinski definition) is 2. The van der Waals surface area contributed by atoms with Gasteiger partial charge >= 0.3 is 0 Å². The van der Waals surface area contributed by atoms with E-state index in [0.717, 1.165) is 39.0 Å². The smallest absolute Gasteiger partial charge is 0.221 e. The second kappa shape index (κ2) is 7.06. The number of halogens is 1. The van der Waals surface area contributed by atoms with Crippen LogP contribution in [0, 0.1) is 5.41 Å². The van der Waals surface area contributed by atoms with Gasteiger partial charge in [0, 0.05) is 26.2 Å². The van der Waals surface area contributed by atoms with Gasteiger partial charge in [0.15, 0.2) is 5.96 Å². The standard InChI is InChI=1S/C12H19N5.ClH/c13-11(16-7-3-1-4-8-16)15-12(14)17-9-5-2-6-10-17;/h1-3,5H,4,6-10H2,(H3,13,14,15);1H. The van der Waals surface area contributed by atoms with Crippen LogP contribution in [-0.2, 0) is 0 Å². The van der Waals surface area contributed by atoms with Gasteiger partial charge in [0.1, 0.15) is 0 Å². The van der Waals surface area contributed by atoms with Gasteiger partial charge in [-0.15, -0.1) is 12.4 Å². The van der Waals surface area contributed by atoms with Crippen LogP contribution in [-0.4, -0.2) is 47.9 Å². The van der Waals surface area contributed by atoms with Gasteiger partial charge in [-0.25, -0.2) is 0 Å². The zero-order valence-electron chi connectivity index (χ0n) is 10.4. The molecule has 5 nitrogen and oxygen atoms in total. The Morgan fingerprint density at radius 3 is 2.06 bits per heavy atom. The molecule has 0 aliphatic carbocycles. The van der Waals surface area contributed by atoms with Crippen LogP contribution in [0.25, 0.3) is 0 Å². The Hall–Kier alpha value is -1.49. The van der Waals surface area contributed by atoms with E-state index >= 15 is 0 Å². The normalized spacial score (nSPS) is 19.7. The first kappa shape index (κ1) is 14.6. The maximum absolute atomic E-state index is 7.91. The van der Waals surface area contributed by atoms with Crippen LogP contribution in [0.15, 0.2) is 29.3 Å². The molecule has 100 valence electrons. The maximum atomic E-state index is 7.91. The Morgan fingerprint density at radius 2 is 1.56 bits per heavy atom. The Bertz CT molecular complexity index is 375. The third-order valence-electron chi connectivity index (χ3n) is 2.96. The highest BCUT2D eigenvalue weighted by Gasteiger charge is 2.13. The minimum atomic E-state index is 0. The van der Waals surface area contributed by atoms with Crippen molar-refractivity contribution >= 4 is 24.3 Å². The molecule has 0 radical (unpaired) electrons. The predicted molar refractivity (Wildman–Crippen MR) is 77.3 cm³/mol. The molecular weight excluding hydrogens is 250 g/mol. The van der Waals surface area contributed by atoms with Crippen LogP contribution >= 0.6 is 12.4 Å². The van der Waals surface area contributed by atoms with Gasteiger partial charge in [0.05, 0.1) is 0 Å². The van der Waals surface area contributed by atoms with Crippen LogP contribution in [0.2, 0.25) is 0 Å². The summed E-state index contributed by atoms with van der Waals surface area (Å²) in [4.78, 5) is 8.10. The van der Waals surface area contributed by atoms with Crippen molar-refractivity contribution in [3.05, 3.63) is 24.3 Å². The molecule has 0 saturated heterocycles. The van der Waals surface area contributed by atoms with Gasteiger partial charge in [-0.3, -0.25) is 5.41 Å². The highest BCUT2D eigenvalue weighted by atomic mass is 35.5. The lowest BCUT2D eigenvalue weighted by atomic mass is 10.2. The number of nitrogens with zero attached hydrogens (tertiary/aromatic N) is 3. The average Bonchev–Trinajstić information content (AvgIpc) is 2.40. The Balaban J connectivity index is 0.00000162. The van der Waals surface area contributed by atoms with Crippen molar-refractivity contribution in [2.24, 2.45) is 10.7 Å². The first-order valence-electron chi connectivity index (χ1n) is 6.00. The molecule has 0 aromatic carbocycles. The number of aliphatic imine (C=N–C) groups is 1. The zero-order chi connectivity index (χ0) is 12.1. The molecule has 3 N–H and O–H groups in total. The topological polar surface area (TPSA) is 68.7 Å². The van der Waals surface area contributed by atoms with E-state index in [2.05, 4.69) is 29.3 Å². The van der Waals surface area contributed by atoms with E-state index in [-0.39, 0.29) is 18.4 Å². The molecule has 0 unspecified atom stereocenters. The number of guanidine groups is 2. The largest absolute Gasteiger partial charge is 0.369 e. The molecule has 0 atom stereocenters. The van der Waals surface area contributed by atoms with Gasteiger partial charge in [0.25, 0.3) is 0 Å². The van der Waals surface area contributed by atoms with E-state index in [1.165, 1.54) is 0 Å². The molecule has 0 saturated carbocycles. The summed E-state index contributed by atoms with van der Waals surface area (Å²) in [5.41, 5.74) is 5.91. The second-order valence-corrected chi connectivity index (χ2v) is 4.21. The predicted octanol–water partition coefficient (Wildman–Crippen LogP) is 1.18. The highest BCUT2D eigenvalue weighted by molar-refractivity contribution is 5.92. The summed E-state index contributed by atoms with van der Waals surface area (Å²) in [5, 5.41) is 7.91. The number of rotatable bonds is 0. The summed E-state index contributed by atoms with van der Waals surface area (Å²) in [6.45, 7) is 3.29.